The molecule has 0 amide bonds. The van der Waals surface area contributed by atoms with E-state index in [1.54, 1.807) is 80.6 Å². The highest BCUT2D eigenvalue weighted by Crippen LogP contribution is 2.75. The first-order valence-electron chi connectivity index (χ1n) is 15.5. The summed E-state index contributed by atoms with van der Waals surface area (Å²) >= 11 is 2.43. The maximum absolute atomic E-state index is 15.7. The minimum Gasteiger partial charge on any atom is -0.457 e. The molecule has 1 saturated carbocycles. The summed E-state index contributed by atoms with van der Waals surface area (Å²) in [4.78, 5) is 14.0. The first-order valence-corrected chi connectivity index (χ1v) is 17.1. The van der Waals surface area contributed by atoms with E-state index in [-0.39, 0.29) is 17.8 Å². The molecular weight excluding hydrogens is 679 g/mol. The number of allylic oxidation sites excluding steroid dienone is 4. The Bertz CT molecular complexity index is 2200. The van der Waals surface area contributed by atoms with Crippen molar-refractivity contribution in [2.45, 2.75) is 47.7 Å². The summed E-state index contributed by atoms with van der Waals surface area (Å²) in [6.07, 6.45) is 2.75. The first kappa shape index (κ1) is 32.1. The average molecular weight is 705 g/mol. The number of fused-ring (bicyclic) bond motifs is 5. The summed E-state index contributed by atoms with van der Waals surface area (Å²) in [5.41, 5.74) is -0.638. The Morgan fingerprint density at radius 3 is 1.73 bits per heavy atom. The maximum Gasteiger partial charge on any atom is 0.380 e. The van der Waals surface area contributed by atoms with Crippen molar-refractivity contribution in [3.8, 4) is 0 Å². The topological polar surface area (TPSA) is 26.3 Å². The average Bonchev–Trinajstić information content (AvgIpc) is 3.67. The summed E-state index contributed by atoms with van der Waals surface area (Å²) in [6, 6.07) is 28.6. The van der Waals surface area contributed by atoms with Crippen molar-refractivity contribution in [1.82, 2.24) is 0 Å². The van der Waals surface area contributed by atoms with Gasteiger partial charge in [0, 0.05) is 21.0 Å². The lowest BCUT2D eigenvalue weighted by molar-refractivity contribution is -0.258. The maximum atomic E-state index is 15.7. The lowest BCUT2D eigenvalue weighted by Crippen LogP contribution is -2.48. The van der Waals surface area contributed by atoms with E-state index in [0.29, 0.717) is 32.1 Å². The molecule has 2 atom stereocenters. The highest BCUT2D eigenvalue weighted by Gasteiger charge is 2.84. The predicted molar refractivity (Wildman–Crippen MR) is 183 cm³/mol. The Labute approximate surface area is 286 Å². The van der Waals surface area contributed by atoms with Crippen molar-refractivity contribution in [2.24, 2.45) is 0 Å². The molecule has 10 heteroatoms. The molecule has 2 unspecified atom stereocenters. The Morgan fingerprint density at radius 1 is 0.633 bits per heavy atom. The van der Waals surface area contributed by atoms with E-state index < -0.39 is 44.4 Å². The number of ether oxygens (including phenoxy) is 1. The van der Waals surface area contributed by atoms with E-state index in [1.165, 1.54) is 35.7 Å². The van der Waals surface area contributed by atoms with Crippen LogP contribution in [0, 0.1) is 0 Å². The van der Waals surface area contributed by atoms with Gasteiger partial charge in [0.2, 0.25) is 0 Å². The Hall–Kier alpha value is -4.15. The predicted octanol–water partition coefficient (Wildman–Crippen LogP) is 11.1. The van der Waals surface area contributed by atoms with Crippen molar-refractivity contribution >= 4 is 50.1 Å². The number of halogens is 6. The summed E-state index contributed by atoms with van der Waals surface area (Å²) in [6.45, 7) is 3.31. The normalized spacial score (nSPS) is 25.9. The third-order valence-corrected chi connectivity index (χ3v) is 13.3. The van der Waals surface area contributed by atoms with E-state index in [4.69, 9.17) is 4.74 Å². The van der Waals surface area contributed by atoms with Crippen molar-refractivity contribution in [3.05, 3.63) is 154 Å². The lowest BCUT2D eigenvalue weighted by atomic mass is 9.71. The van der Waals surface area contributed by atoms with Crippen LogP contribution in [0.25, 0.3) is 20.6 Å². The fourth-order valence-electron chi connectivity index (χ4n) is 7.19. The number of carbonyl (C=O) groups excluding carboxylic acids is 1. The first-order chi connectivity index (χ1) is 23.2. The number of esters is 1. The number of benzene rings is 4. The summed E-state index contributed by atoms with van der Waals surface area (Å²) in [5.74, 6) is -16.3. The van der Waals surface area contributed by atoms with E-state index in [9.17, 15) is 4.79 Å². The highest BCUT2D eigenvalue weighted by molar-refractivity contribution is 8.14. The quantitative estimate of drug-likeness (QED) is 0.153. The third kappa shape index (κ3) is 4.35. The van der Waals surface area contributed by atoms with Crippen LogP contribution >= 0.6 is 23.5 Å². The molecule has 2 aliphatic heterocycles. The summed E-state index contributed by atoms with van der Waals surface area (Å²) < 4.78 is 95.8. The van der Waals surface area contributed by atoms with Gasteiger partial charge in [-0.2, -0.15) is 26.3 Å². The zero-order chi connectivity index (χ0) is 34.6. The molecule has 4 aromatic rings. The van der Waals surface area contributed by atoms with Gasteiger partial charge in [0.1, 0.15) is 6.61 Å². The van der Waals surface area contributed by atoms with Gasteiger partial charge < -0.3 is 4.74 Å². The van der Waals surface area contributed by atoms with Crippen LogP contribution < -0.4 is 0 Å². The Morgan fingerprint density at radius 2 is 1.14 bits per heavy atom. The van der Waals surface area contributed by atoms with E-state index in [0.717, 1.165) is 10.8 Å². The monoisotopic (exact) mass is 704 g/mol. The Kier molecular flexibility index (Phi) is 6.99. The van der Waals surface area contributed by atoms with Crippen LogP contribution in [0.15, 0.2) is 132 Å². The van der Waals surface area contributed by atoms with Crippen LogP contribution in [0.5, 0.6) is 0 Å². The second kappa shape index (κ2) is 10.7. The molecule has 0 bridgehead atoms. The standard InChI is InChI=1S/C39H26F6O2S2/c1-35-28(19-30(48-35)24-10-4-3-5-11-24)32-33(38(42,43)39(44,45)37(32,40)41)29-20-31(49-36(29,35)2)25-17-15-22(16-18-25)21-47-34(46)27-14-8-12-23-9-6-7-13-26(23)27/h3-20H,21H2,1-2H3. The van der Waals surface area contributed by atoms with E-state index in [2.05, 4.69) is 0 Å². The second-order valence-electron chi connectivity index (χ2n) is 12.8. The van der Waals surface area contributed by atoms with Gasteiger partial charge in [-0.25, -0.2) is 4.79 Å². The largest absolute Gasteiger partial charge is 0.457 e. The lowest BCUT2D eigenvalue weighted by Gasteiger charge is -2.47. The molecule has 0 aromatic heterocycles. The van der Waals surface area contributed by atoms with E-state index >= 15 is 26.3 Å². The molecule has 0 saturated heterocycles. The number of thioether (sulfide) groups is 2. The number of alkyl halides is 6. The molecule has 1 fully saturated rings. The summed E-state index contributed by atoms with van der Waals surface area (Å²) in [7, 11) is 0. The smallest absolute Gasteiger partial charge is 0.380 e. The van der Waals surface area contributed by atoms with Gasteiger partial charge in [-0.1, -0.05) is 91.0 Å². The number of hydrogen-bond acceptors (Lipinski definition) is 4. The summed E-state index contributed by atoms with van der Waals surface area (Å²) in [5, 5.41) is 1.67. The number of carbonyl (C=O) groups is 1. The SMILES string of the molecule is CC12SC(c3ccccc3)=CC1=C1C(=C3C=C(c4ccc(COC(=O)c5cccc6ccccc56)cc4)SC32C)C(F)(F)C(F)(F)C1(F)F. The molecule has 8 rings (SSSR count). The molecule has 2 aliphatic carbocycles. The van der Waals surface area contributed by atoms with Crippen LogP contribution in [0.2, 0.25) is 0 Å². The number of rotatable bonds is 5. The van der Waals surface area contributed by atoms with Gasteiger partial charge in [0.05, 0.1) is 15.1 Å². The van der Waals surface area contributed by atoms with Crippen LogP contribution in [-0.2, 0) is 11.3 Å². The fourth-order valence-corrected chi connectivity index (χ4v) is 10.3. The molecule has 0 N–H and O–H groups in total. The Balaban J connectivity index is 1.14. The fraction of sp³-hybridized carbons (Fsp3) is 0.205. The second-order valence-corrected chi connectivity index (χ2v) is 15.7. The van der Waals surface area contributed by atoms with Crippen molar-refractivity contribution in [3.63, 3.8) is 0 Å². The van der Waals surface area contributed by atoms with E-state index in [1.807, 2.05) is 30.3 Å². The molecular formula is C39H26F6O2S2. The molecule has 0 radical (unpaired) electrons. The van der Waals surface area contributed by atoms with Gasteiger partial charge in [-0.15, -0.1) is 23.5 Å². The highest BCUT2D eigenvalue weighted by atomic mass is 32.2. The van der Waals surface area contributed by atoms with Gasteiger partial charge in [0.25, 0.3) is 0 Å². The molecule has 248 valence electrons. The van der Waals surface area contributed by atoms with Crippen LogP contribution in [-0.4, -0.2) is 33.2 Å². The van der Waals surface area contributed by atoms with Gasteiger partial charge in [-0.3, -0.25) is 0 Å². The van der Waals surface area contributed by atoms with Gasteiger partial charge in [0.15, 0.2) is 0 Å². The zero-order valence-electron chi connectivity index (χ0n) is 26.0. The van der Waals surface area contributed by atoms with Crippen molar-refractivity contribution in [1.29, 1.82) is 0 Å². The molecule has 4 aliphatic rings. The molecule has 0 spiro atoms. The molecule has 49 heavy (non-hydrogen) atoms. The van der Waals surface area contributed by atoms with Gasteiger partial charge in [-0.05, 0) is 70.7 Å². The molecule has 4 aromatic carbocycles. The number of hydrogen-bond donors (Lipinski definition) is 0. The van der Waals surface area contributed by atoms with Gasteiger partial charge >= 0.3 is 23.7 Å². The van der Waals surface area contributed by atoms with Crippen LogP contribution in [0.3, 0.4) is 0 Å². The third-order valence-electron chi connectivity index (χ3n) is 10.00. The zero-order valence-corrected chi connectivity index (χ0v) is 27.6. The molecule has 2 nitrogen and oxygen atoms in total. The van der Waals surface area contributed by atoms with Crippen molar-refractivity contribution < 1.29 is 35.9 Å². The minimum atomic E-state index is -5.61. The molecule has 2 heterocycles. The van der Waals surface area contributed by atoms with Crippen LogP contribution in [0.4, 0.5) is 26.3 Å². The van der Waals surface area contributed by atoms with Crippen LogP contribution in [0.1, 0.15) is 40.9 Å². The minimum absolute atomic E-state index is 0.0305. The van der Waals surface area contributed by atoms with Crippen molar-refractivity contribution in [2.75, 3.05) is 0 Å².